The van der Waals surface area contributed by atoms with Gasteiger partial charge in [-0.15, -0.1) is 0 Å². The average Bonchev–Trinajstić information content (AvgIpc) is 3.05. The van der Waals surface area contributed by atoms with Crippen molar-refractivity contribution >= 4 is 16.5 Å². The highest BCUT2D eigenvalue weighted by molar-refractivity contribution is 6.02. The molecule has 0 spiro atoms. The number of nitrogens with two attached hydrogens (primary N) is 1. The standard InChI is InChI=1S/C18H19N3O/c19-17-8-4-6-15-14(5-3-7-16(15)17)13-11-20-21(12-13)18-9-1-2-10-22-18/h3-8,11-12,18H,1-2,9-10,19H2. The lowest BCUT2D eigenvalue weighted by Crippen LogP contribution is -2.18. The molecule has 4 heteroatoms. The van der Waals surface area contributed by atoms with E-state index in [1.165, 1.54) is 6.42 Å². The molecule has 3 aromatic rings. The van der Waals surface area contributed by atoms with Gasteiger partial charge in [-0.3, -0.25) is 0 Å². The SMILES string of the molecule is Nc1cccc2c(-c3cnn(C4CCCCO4)c3)cccc12. The minimum atomic E-state index is 0.0718. The fourth-order valence-corrected chi connectivity index (χ4v) is 3.15. The van der Waals surface area contributed by atoms with Gasteiger partial charge in [0.1, 0.15) is 6.23 Å². The Bertz CT molecular complexity index is 803. The number of benzene rings is 2. The van der Waals surface area contributed by atoms with E-state index in [-0.39, 0.29) is 6.23 Å². The van der Waals surface area contributed by atoms with Crippen LogP contribution in [0.2, 0.25) is 0 Å². The molecule has 1 aromatic heterocycles. The second-order valence-corrected chi connectivity index (χ2v) is 5.78. The van der Waals surface area contributed by atoms with Gasteiger partial charge in [0.2, 0.25) is 0 Å². The van der Waals surface area contributed by atoms with Crippen LogP contribution in [-0.2, 0) is 4.74 Å². The normalized spacial score (nSPS) is 18.6. The predicted molar refractivity (Wildman–Crippen MR) is 88.4 cm³/mol. The van der Waals surface area contributed by atoms with Gasteiger partial charge in [0, 0.05) is 29.4 Å². The summed E-state index contributed by atoms with van der Waals surface area (Å²) >= 11 is 0. The van der Waals surface area contributed by atoms with Crippen molar-refractivity contribution in [3.63, 3.8) is 0 Å². The molecule has 2 N–H and O–H groups in total. The Morgan fingerprint density at radius 1 is 1.09 bits per heavy atom. The molecule has 1 aliphatic heterocycles. The second kappa shape index (κ2) is 5.46. The molecular formula is C18H19N3O. The van der Waals surface area contributed by atoms with Gasteiger partial charge in [0.25, 0.3) is 0 Å². The molecule has 4 rings (SSSR count). The van der Waals surface area contributed by atoms with Crippen molar-refractivity contribution in [1.29, 1.82) is 0 Å². The minimum absolute atomic E-state index is 0.0718. The molecule has 2 heterocycles. The molecular weight excluding hydrogens is 274 g/mol. The van der Waals surface area contributed by atoms with E-state index in [9.17, 15) is 0 Å². The van der Waals surface area contributed by atoms with E-state index >= 15 is 0 Å². The first-order chi connectivity index (χ1) is 10.8. The first kappa shape index (κ1) is 13.3. The van der Waals surface area contributed by atoms with Gasteiger partial charge in [-0.25, -0.2) is 4.68 Å². The summed E-state index contributed by atoms with van der Waals surface area (Å²) in [6.45, 7) is 0.824. The fraction of sp³-hybridized carbons (Fsp3) is 0.278. The summed E-state index contributed by atoms with van der Waals surface area (Å²) in [6, 6.07) is 12.3. The van der Waals surface area contributed by atoms with Gasteiger partial charge >= 0.3 is 0 Å². The second-order valence-electron chi connectivity index (χ2n) is 5.78. The molecule has 0 amide bonds. The highest BCUT2D eigenvalue weighted by Crippen LogP contribution is 2.32. The van der Waals surface area contributed by atoms with Crippen LogP contribution in [0.1, 0.15) is 25.5 Å². The smallest absolute Gasteiger partial charge is 0.150 e. The van der Waals surface area contributed by atoms with E-state index in [0.717, 1.165) is 47.0 Å². The number of aromatic nitrogens is 2. The summed E-state index contributed by atoms with van der Waals surface area (Å²) in [5.41, 5.74) is 9.15. The number of anilines is 1. The van der Waals surface area contributed by atoms with Crippen LogP contribution < -0.4 is 5.73 Å². The van der Waals surface area contributed by atoms with Crippen LogP contribution in [0.5, 0.6) is 0 Å². The predicted octanol–water partition coefficient (Wildman–Crippen LogP) is 3.98. The first-order valence-electron chi connectivity index (χ1n) is 7.76. The van der Waals surface area contributed by atoms with Crippen LogP contribution in [0.25, 0.3) is 21.9 Å². The third kappa shape index (κ3) is 2.25. The van der Waals surface area contributed by atoms with Crippen LogP contribution in [-0.4, -0.2) is 16.4 Å². The van der Waals surface area contributed by atoms with E-state index in [1.54, 1.807) is 0 Å². The first-order valence-corrected chi connectivity index (χ1v) is 7.76. The van der Waals surface area contributed by atoms with Crippen LogP contribution in [0, 0.1) is 0 Å². The molecule has 1 unspecified atom stereocenters. The van der Waals surface area contributed by atoms with Crippen LogP contribution >= 0.6 is 0 Å². The van der Waals surface area contributed by atoms with Crippen molar-refractivity contribution < 1.29 is 4.74 Å². The number of hydrogen-bond donors (Lipinski definition) is 1. The zero-order chi connectivity index (χ0) is 14.9. The molecule has 1 atom stereocenters. The number of hydrogen-bond acceptors (Lipinski definition) is 3. The van der Waals surface area contributed by atoms with Crippen molar-refractivity contribution in [2.75, 3.05) is 12.3 Å². The number of rotatable bonds is 2. The molecule has 0 saturated carbocycles. The fourth-order valence-electron chi connectivity index (χ4n) is 3.15. The van der Waals surface area contributed by atoms with E-state index in [4.69, 9.17) is 10.5 Å². The summed E-state index contributed by atoms with van der Waals surface area (Å²) in [5.74, 6) is 0. The topological polar surface area (TPSA) is 53.1 Å². The summed E-state index contributed by atoms with van der Waals surface area (Å²) in [6.07, 6.45) is 7.44. The number of ether oxygens (including phenoxy) is 1. The molecule has 1 saturated heterocycles. The average molecular weight is 293 g/mol. The van der Waals surface area contributed by atoms with Gasteiger partial charge < -0.3 is 10.5 Å². The van der Waals surface area contributed by atoms with Crippen molar-refractivity contribution in [3.8, 4) is 11.1 Å². The van der Waals surface area contributed by atoms with E-state index in [2.05, 4.69) is 29.5 Å². The molecule has 112 valence electrons. The molecule has 0 aliphatic carbocycles. The van der Waals surface area contributed by atoms with Crippen LogP contribution in [0.4, 0.5) is 5.69 Å². The van der Waals surface area contributed by atoms with Gasteiger partial charge in [0.15, 0.2) is 0 Å². The molecule has 0 radical (unpaired) electrons. The molecule has 1 aliphatic rings. The monoisotopic (exact) mass is 293 g/mol. The van der Waals surface area contributed by atoms with Crippen LogP contribution in [0.3, 0.4) is 0 Å². The third-order valence-corrected chi connectivity index (χ3v) is 4.32. The number of nitrogen functional groups attached to an aromatic ring is 1. The highest BCUT2D eigenvalue weighted by atomic mass is 16.5. The largest absolute Gasteiger partial charge is 0.398 e. The van der Waals surface area contributed by atoms with Crippen molar-refractivity contribution in [2.45, 2.75) is 25.5 Å². The minimum Gasteiger partial charge on any atom is -0.398 e. The van der Waals surface area contributed by atoms with E-state index in [1.807, 2.05) is 29.1 Å². The maximum Gasteiger partial charge on any atom is 0.150 e. The van der Waals surface area contributed by atoms with Gasteiger partial charge in [-0.05, 0) is 36.3 Å². The number of nitrogens with zero attached hydrogens (tertiary/aromatic N) is 2. The maximum atomic E-state index is 6.08. The van der Waals surface area contributed by atoms with Crippen LogP contribution in [0.15, 0.2) is 48.8 Å². The Morgan fingerprint density at radius 3 is 2.82 bits per heavy atom. The lowest BCUT2D eigenvalue weighted by atomic mass is 10.00. The zero-order valence-electron chi connectivity index (χ0n) is 12.4. The van der Waals surface area contributed by atoms with Crippen molar-refractivity contribution in [1.82, 2.24) is 9.78 Å². The molecule has 1 fully saturated rings. The zero-order valence-corrected chi connectivity index (χ0v) is 12.4. The van der Waals surface area contributed by atoms with E-state index < -0.39 is 0 Å². The quantitative estimate of drug-likeness (QED) is 0.727. The summed E-state index contributed by atoms with van der Waals surface area (Å²) < 4.78 is 7.74. The lowest BCUT2D eigenvalue weighted by molar-refractivity contribution is -0.0394. The highest BCUT2D eigenvalue weighted by Gasteiger charge is 2.17. The third-order valence-electron chi connectivity index (χ3n) is 4.32. The Kier molecular flexibility index (Phi) is 3.31. The Hall–Kier alpha value is -2.33. The Morgan fingerprint density at radius 2 is 1.95 bits per heavy atom. The van der Waals surface area contributed by atoms with Gasteiger partial charge in [-0.1, -0.05) is 30.3 Å². The lowest BCUT2D eigenvalue weighted by Gasteiger charge is -2.22. The Labute approximate surface area is 129 Å². The Balaban J connectivity index is 1.76. The molecule has 0 bridgehead atoms. The maximum absolute atomic E-state index is 6.08. The molecule has 4 nitrogen and oxygen atoms in total. The van der Waals surface area contributed by atoms with Crippen molar-refractivity contribution in [3.05, 3.63) is 48.8 Å². The summed E-state index contributed by atoms with van der Waals surface area (Å²) in [5, 5.41) is 6.75. The van der Waals surface area contributed by atoms with E-state index in [0.29, 0.717) is 0 Å². The molecule has 2 aromatic carbocycles. The van der Waals surface area contributed by atoms with Crippen molar-refractivity contribution in [2.24, 2.45) is 0 Å². The number of fused-ring (bicyclic) bond motifs is 1. The van der Waals surface area contributed by atoms with Gasteiger partial charge in [-0.2, -0.15) is 5.10 Å². The summed E-state index contributed by atoms with van der Waals surface area (Å²) in [7, 11) is 0. The van der Waals surface area contributed by atoms with Gasteiger partial charge in [0.05, 0.1) is 6.20 Å². The molecule has 22 heavy (non-hydrogen) atoms. The summed E-state index contributed by atoms with van der Waals surface area (Å²) in [4.78, 5) is 0.